The number of nitrogens with zero attached hydrogens (tertiary/aromatic N) is 1. The van der Waals surface area contributed by atoms with Crippen LogP contribution in [0, 0.1) is 0 Å². The maximum absolute atomic E-state index is 12.6. The van der Waals surface area contributed by atoms with Crippen LogP contribution in [-0.4, -0.2) is 78.0 Å². The number of amides is 3. The third-order valence-electron chi connectivity index (χ3n) is 3.76. The molecule has 29 heavy (non-hydrogen) atoms. The van der Waals surface area contributed by atoms with Crippen molar-refractivity contribution in [2.75, 3.05) is 25.1 Å². The van der Waals surface area contributed by atoms with Crippen molar-refractivity contribution in [2.24, 2.45) is 22.2 Å². The molecule has 0 aromatic rings. The second kappa shape index (κ2) is 14.5. The molecule has 3 unspecified atom stereocenters. The minimum Gasteiger partial charge on any atom is -0.480 e. The Morgan fingerprint density at radius 2 is 1.62 bits per heavy atom. The summed E-state index contributed by atoms with van der Waals surface area (Å²) in [6, 6.07) is -3.03. The fraction of sp³-hybridized carbons (Fsp3) is 0.688. The lowest BCUT2D eigenvalue weighted by Gasteiger charge is -2.23. The molecular formula is C16H31N7O5S. The van der Waals surface area contributed by atoms with Crippen molar-refractivity contribution < 1.29 is 24.3 Å². The smallest absolute Gasteiger partial charge is 0.325 e. The Labute approximate surface area is 173 Å². The van der Waals surface area contributed by atoms with Gasteiger partial charge in [-0.2, -0.15) is 11.8 Å². The molecule has 0 saturated carbocycles. The number of hydrogen-bond donors (Lipinski definition) is 7. The summed E-state index contributed by atoms with van der Waals surface area (Å²) in [5, 5.41) is 16.4. The molecule has 10 N–H and O–H groups in total. The number of nitrogens with two attached hydrogens (primary N) is 3. The SMILES string of the molecule is CSCCC(NC(=O)CN)C(=O)NC(CCCN=C(N)N)C(=O)NC(C)C(=O)O. The van der Waals surface area contributed by atoms with Crippen molar-refractivity contribution >= 4 is 41.4 Å². The molecule has 0 spiro atoms. The number of carbonyl (C=O) groups is 4. The first-order chi connectivity index (χ1) is 13.6. The Bertz CT molecular complexity index is 598. The predicted molar refractivity (Wildman–Crippen MR) is 111 cm³/mol. The molecule has 0 aliphatic carbocycles. The van der Waals surface area contributed by atoms with Crippen LogP contribution in [0.1, 0.15) is 26.2 Å². The summed E-state index contributed by atoms with van der Waals surface area (Å²) in [4.78, 5) is 51.5. The lowest BCUT2D eigenvalue weighted by atomic mass is 10.1. The Morgan fingerprint density at radius 3 is 2.14 bits per heavy atom. The minimum absolute atomic E-state index is 0.101. The summed E-state index contributed by atoms with van der Waals surface area (Å²) in [5.74, 6) is -2.44. The van der Waals surface area contributed by atoms with Gasteiger partial charge in [-0.15, -0.1) is 0 Å². The van der Waals surface area contributed by atoms with Gasteiger partial charge in [0.25, 0.3) is 0 Å². The monoisotopic (exact) mass is 433 g/mol. The van der Waals surface area contributed by atoms with Gasteiger partial charge in [-0.3, -0.25) is 24.2 Å². The highest BCUT2D eigenvalue weighted by atomic mass is 32.2. The summed E-state index contributed by atoms with van der Waals surface area (Å²) in [5.41, 5.74) is 15.8. The number of rotatable bonds is 14. The molecule has 3 amide bonds. The molecule has 0 rings (SSSR count). The molecule has 0 saturated heterocycles. The third kappa shape index (κ3) is 11.8. The summed E-state index contributed by atoms with van der Waals surface area (Å²) in [6.45, 7) is 1.26. The zero-order chi connectivity index (χ0) is 22.4. The van der Waals surface area contributed by atoms with Gasteiger partial charge in [-0.25, -0.2) is 0 Å². The van der Waals surface area contributed by atoms with E-state index in [0.717, 1.165) is 0 Å². The van der Waals surface area contributed by atoms with E-state index in [0.29, 0.717) is 18.6 Å². The number of carboxylic acids is 1. The average molecular weight is 434 g/mol. The first kappa shape index (κ1) is 26.5. The molecule has 0 aromatic carbocycles. The van der Waals surface area contributed by atoms with Gasteiger partial charge in [-0.1, -0.05) is 0 Å². The van der Waals surface area contributed by atoms with Gasteiger partial charge in [0.15, 0.2) is 5.96 Å². The maximum Gasteiger partial charge on any atom is 0.325 e. The van der Waals surface area contributed by atoms with E-state index in [-0.39, 0.29) is 25.5 Å². The molecule has 166 valence electrons. The van der Waals surface area contributed by atoms with Crippen molar-refractivity contribution in [3.63, 3.8) is 0 Å². The number of aliphatic carboxylic acids is 1. The fourth-order valence-electron chi connectivity index (χ4n) is 2.18. The zero-order valence-corrected chi connectivity index (χ0v) is 17.5. The quantitative estimate of drug-likeness (QED) is 0.0861. The highest BCUT2D eigenvalue weighted by molar-refractivity contribution is 7.98. The number of aliphatic imine (C=N–C) groups is 1. The summed E-state index contributed by atoms with van der Waals surface area (Å²) < 4.78 is 0. The first-order valence-corrected chi connectivity index (χ1v) is 10.4. The van der Waals surface area contributed by atoms with E-state index in [1.807, 2.05) is 6.26 Å². The van der Waals surface area contributed by atoms with Crippen LogP contribution >= 0.6 is 11.8 Å². The van der Waals surface area contributed by atoms with Gasteiger partial charge in [0.2, 0.25) is 17.7 Å². The molecule has 0 fully saturated rings. The lowest BCUT2D eigenvalue weighted by Crippen LogP contribution is -2.56. The summed E-state index contributed by atoms with van der Waals surface area (Å²) in [7, 11) is 0. The van der Waals surface area contributed by atoms with Crippen LogP contribution in [0.2, 0.25) is 0 Å². The van der Waals surface area contributed by atoms with E-state index in [1.165, 1.54) is 18.7 Å². The molecule has 0 aliphatic rings. The van der Waals surface area contributed by atoms with Crippen LogP contribution in [-0.2, 0) is 19.2 Å². The van der Waals surface area contributed by atoms with Crippen molar-refractivity contribution in [3.8, 4) is 0 Å². The second-order valence-electron chi connectivity index (χ2n) is 6.18. The van der Waals surface area contributed by atoms with Gasteiger partial charge in [-0.05, 0) is 38.2 Å². The Balaban J connectivity index is 5.20. The van der Waals surface area contributed by atoms with E-state index in [4.69, 9.17) is 22.3 Å². The van der Waals surface area contributed by atoms with E-state index in [9.17, 15) is 19.2 Å². The topological polar surface area (TPSA) is 215 Å². The van der Waals surface area contributed by atoms with Gasteiger partial charge in [0.1, 0.15) is 18.1 Å². The fourth-order valence-corrected chi connectivity index (χ4v) is 2.65. The standard InChI is InChI=1S/C16H31N7O5S/c1-9(15(27)28)21-13(25)10(4-3-6-20-16(18)19)23-14(26)11(5-7-29-2)22-12(24)8-17/h9-11H,3-8,17H2,1-2H3,(H,21,25)(H,22,24)(H,23,26)(H,27,28)(H4,18,19,20). The minimum atomic E-state index is -1.21. The molecule has 12 nitrogen and oxygen atoms in total. The van der Waals surface area contributed by atoms with E-state index in [2.05, 4.69) is 20.9 Å². The van der Waals surface area contributed by atoms with E-state index >= 15 is 0 Å². The maximum atomic E-state index is 12.6. The molecular weight excluding hydrogens is 402 g/mol. The zero-order valence-electron chi connectivity index (χ0n) is 16.6. The number of carbonyl (C=O) groups excluding carboxylic acids is 3. The van der Waals surface area contributed by atoms with E-state index in [1.54, 1.807) is 0 Å². The predicted octanol–water partition coefficient (Wildman–Crippen LogP) is -2.69. The number of guanidine groups is 1. The van der Waals surface area contributed by atoms with Crippen LogP contribution in [0.4, 0.5) is 0 Å². The van der Waals surface area contributed by atoms with Crippen LogP contribution in [0.25, 0.3) is 0 Å². The number of nitrogens with one attached hydrogen (secondary N) is 3. The van der Waals surface area contributed by atoms with Crippen molar-refractivity contribution in [3.05, 3.63) is 0 Å². The number of carboxylic acid groups (broad SMARTS) is 1. The molecule has 0 aromatic heterocycles. The van der Waals surface area contributed by atoms with Crippen LogP contribution < -0.4 is 33.2 Å². The van der Waals surface area contributed by atoms with Crippen molar-refractivity contribution in [1.29, 1.82) is 0 Å². The largest absolute Gasteiger partial charge is 0.480 e. The lowest BCUT2D eigenvalue weighted by molar-refractivity contribution is -0.141. The molecule has 0 aliphatic heterocycles. The normalized spacial score (nSPS) is 13.5. The molecule has 0 radical (unpaired) electrons. The van der Waals surface area contributed by atoms with Crippen molar-refractivity contribution in [1.82, 2.24) is 16.0 Å². The molecule has 3 atom stereocenters. The molecule has 13 heteroatoms. The Morgan fingerprint density at radius 1 is 1.03 bits per heavy atom. The van der Waals surface area contributed by atoms with Gasteiger partial charge >= 0.3 is 5.97 Å². The van der Waals surface area contributed by atoms with Crippen LogP contribution in [0.3, 0.4) is 0 Å². The Kier molecular flexibility index (Phi) is 13.2. The average Bonchev–Trinajstić information content (AvgIpc) is 2.66. The van der Waals surface area contributed by atoms with Crippen LogP contribution in [0.15, 0.2) is 4.99 Å². The summed E-state index contributed by atoms with van der Waals surface area (Å²) >= 11 is 1.49. The van der Waals surface area contributed by atoms with Gasteiger partial charge < -0.3 is 38.3 Å². The van der Waals surface area contributed by atoms with Crippen molar-refractivity contribution in [2.45, 2.75) is 44.3 Å². The number of thioether (sulfide) groups is 1. The van der Waals surface area contributed by atoms with Gasteiger partial charge in [0, 0.05) is 6.54 Å². The second-order valence-corrected chi connectivity index (χ2v) is 7.17. The highest BCUT2D eigenvalue weighted by Crippen LogP contribution is 2.05. The van der Waals surface area contributed by atoms with E-state index < -0.39 is 41.8 Å². The molecule has 0 bridgehead atoms. The third-order valence-corrected chi connectivity index (χ3v) is 4.40. The van der Waals surface area contributed by atoms with Gasteiger partial charge in [0.05, 0.1) is 6.54 Å². The first-order valence-electron chi connectivity index (χ1n) is 8.99. The number of hydrogen-bond acceptors (Lipinski definition) is 7. The molecule has 0 heterocycles. The highest BCUT2D eigenvalue weighted by Gasteiger charge is 2.27. The van der Waals surface area contributed by atoms with Crippen LogP contribution in [0.5, 0.6) is 0 Å². The Hall–Kier alpha value is -2.54. The summed E-state index contributed by atoms with van der Waals surface area (Å²) in [6.07, 6.45) is 2.72.